The van der Waals surface area contributed by atoms with E-state index in [2.05, 4.69) is 33.1 Å². The van der Waals surface area contributed by atoms with E-state index < -0.39 is 0 Å². The number of morpholine rings is 1. The molecule has 1 N–H and O–H groups in total. The van der Waals surface area contributed by atoms with Crippen LogP contribution in [-0.2, 0) is 16.1 Å². The number of rotatable bonds is 8. The van der Waals surface area contributed by atoms with E-state index in [0.29, 0.717) is 30.3 Å². The lowest BCUT2D eigenvalue weighted by molar-refractivity contribution is -0.123. The van der Waals surface area contributed by atoms with Gasteiger partial charge < -0.3 is 14.2 Å². The number of halogens is 2. The number of carbonyl (C=O) groups excluding carboxylic acids is 1. The molecule has 7 nitrogen and oxygen atoms in total. The molecule has 0 atom stereocenters. The van der Waals surface area contributed by atoms with Gasteiger partial charge in [-0.3, -0.25) is 9.69 Å². The molecule has 0 aromatic heterocycles. The van der Waals surface area contributed by atoms with Gasteiger partial charge in [-0.15, -0.1) is 0 Å². The van der Waals surface area contributed by atoms with Crippen LogP contribution >= 0.6 is 22.6 Å². The van der Waals surface area contributed by atoms with Gasteiger partial charge in [-0.1, -0.05) is 18.2 Å². The fourth-order valence-corrected chi connectivity index (χ4v) is 3.68. The number of hydrogen-bond donors (Lipinski definition) is 1. The minimum Gasteiger partial charge on any atom is -0.493 e. The first-order valence-electron chi connectivity index (χ1n) is 9.42. The SMILES string of the molecule is COc1cc(/C=N/NC(=O)CN2CCOCC2)cc(I)c1OCc1ccccc1F. The fourth-order valence-electron chi connectivity index (χ4n) is 2.90. The summed E-state index contributed by atoms with van der Waals surface area (Å²) in [4.78, 5) is 14.0. The second-order valence-corrected chi connectivity index (χ2v) is 7.76. The minimum absolute atomic E-state index is 0.0874. The lowest BCUT2D eigenvalue weighted by atomic mass is 10.2. The first-order chi connectivity index (χ1) is 14.6. The van der Waals surface area contributed by atoms with Crippen molar-refractivity contribution in [2.24, 2.45) is 5.10 Å². The van der Waals surface area contributed by atoms with Crippen molar-refractivity contribution in [2.45, 2.75) is 6.61 Å². The van der Waals surface area contributed by atoms with Crippen LogP contribution < -0.4 is 14.9 Å². The Balaban J connectivity index is 1.60. The van der Waals surface area contributed by atoms with Crippen LogP contribution in [0.2, 0.25) is 0 Å². The summed E-state index contributed by atoms with van der Waals surface area (Å²) < 4.78 is 31.1. The van der Waals surface area contributed by atoms with Crippen molar-refractivity contribution in [1.29, 1.82) is 0 Å². The number of benzene rings is 2. The Morgan fingerprint density at radius 3 is 2.83 bits per heavy atom. The molecule has 0 saturated carbocycles. The van der Waals surface area contributed by atoms with E-state index in [4.69, 9.17) is 14.2 Å². The maximum absolute atomic E-state index is 13.8. The first-order valence-corrected chi connectivity index (χ1v) is 10.5. The molecule has 9 heteroatoms. The summed E-state index contributed by atoms with van der Waals surface area (Å²) in [5, 5.41) is 4.03. The summed E-state index contributed by atoms with van der Waals surface area (Å²) in [5.41, 5.74) is 3.73. The predicted octanol–water partition coefficient (Wildman–Crippen LogP) is 2.80. The molecule has 30 heavy (non-hydrogen) atoms. The van der Waals surface area contributed by atoms with E-state index in [1.165, 1.54) is 13.2 Å². The molecule has 0 aliphatic carbocycles. The van der Waals surface area contributed by atoms with Gasteiger partial charge in [0.2, 0.25) is 0 Å². The van der Waals surface area contributed by atoms with Crippen LogP contribution in [0, 0.1) is 9.39 Å². The second kappa shape index (κ2) is 11.2. The van der Waals surface area contributed by atoms with Crippen molar-refractivity contribution in [2.75, 3.05) is 40.0 Å². The van der Waals surface area contributed by atoms with Crippen LogP contribution in [0.3, 0.4) is 0 Å². The zero-order valence-electron chi connectivity index (χ0n) is 16.6. The van der Waals surface area contributed by atoms with Crippen molar-refractivity contribution in [3.8, 4) is 11.5 Å². The number of amides is 1. The van der Waals surface area contributed by atoms with Gasteiger partial charge in [0.1, 0.15) is 12.4 Å². The molecule has 1 fully saturated rings. The van der Waals surface area contributed by atoms with Gasteiger partial charge in [-0.2, -0.15) is 5.10 Å². The van der Waals surface area contributed by atoms with Crippen LogP contribution in [0.15, 0.2) is 41.5 Å². The monoisotopic (exact) mass is 527 g/mol. The predicted molar refractivity (Wildman–Crippen MR) is 119 cm³/mol. The number of nitrogens with zero attached hydrogens (tertiary/aromatic N) is 2. The van der Waals surface area contributed by atoms with Crippen LogP contribution in [0.25, 0.3) is 0 Å². The van der Waals surface area contributed by atoms with Crippen molar-refractivity contribution < 1.29 is 23.4 Å². The number of hydrazone groups is 1. The van der Waals surface area contributed by atoms with Crippen LogP contribution in [0.1, 0.15) is 11.1 Å². The van der Waals surface area contributed by atoms with Crippen molar-refractivity contribution >= 4 is 34.7 Å². The Labute approximate surface area is 188 Å². The lowest BCUT2D eigenvalue weighted by Crippen LogP contribution is -2.42. The smallest absolute Gasteiger partial charge is 0.254 e. The number of nitrogens with one attached hydrogen (secondary N) is 1. The highest BCUT2D eigenvalue weighted by atomic mass is 127. The number of methoxy groups -OCH3 is 1. The zero-order valence-corrected chi connectivity index (χ0v) is 18.7. The van der Waals surface area contributed by atoms with E-state index >= 15 is 0 Å². The molecule has 0 bridgehead atoms. The molecule has 1 amide bonds. The number of carbonyl (C=O) groups is 1. The molecule has 2 aromatic rings. The summed E-state index contributed by atoms with van der Waals surface area (Å²) in [7, 11) is 1.53. The summed E-state index contributed by atoms with van der Waals surface area (Å²) in [6.45, 7) is 3.12. The van der Waals surface area contributed by atoms with Gasteiger partial charge in [0, 0.05) is 18.7 Å². The molecule has 0 unspecified atom stereocenters. The summed E-state index contributed by atoms with van der Waals surface area (Å²) in [6, 6.07) is 10.1. The van der Waals surface area contributed by atoms with E-state index in [0.717, 1.165) is 22.2 Å². The highest BCUT2D eigenvalue weighted by Gasteiger charge is 2.14. The third-order valence-electron chi connectivity index (χ3n) is 4.46. The Kier molecular flexibility index (Phi) is 8.40. The summed E-state index contributed by atoms with van der Waals surface area (Å²) >= 11 is 2.12. The molecule has 1 saturated heterocycles. The number of ether oxygens (including phenoxy) is 3. The Morgan fingerprint density at radius 1 is 1.33 bits per heavy atom. The molecule has 2 aromatic carbocycles. The van der Waals surface area contributed by atoms with Crippen molar-refractivity contribution in [1.82, 2.24) is 10.3 Å². The van der Waals surface area contributed by atoms with Crippen LogP contribution in [0.5, 0.6) is 11.5 Å². The van der Waals surface area contributed by atoms with Gasteiger partial charge in [0.05, 0.1) is 36.7 Å². The fraction of sp³-hybridized carbons (Fsp3) is 0.333. The standard InChI is InChI=1S/C21H23FIN3O4/c1-28-19-11-15(12-24-25-20(27)13-26-6-8-29-9-7-26)10-18(23)21(19)30-14-16-4-2-3-5-17(16)22/h2-5,10-12H,6-9,13-14H2,1H3,(H,25,27)/b24-12+. The zero-order chi connectivity index (χ0) is 21.3. The number of hydrogen-bond acceptors (Lipinski definition) is 6. The highest BCUT2D eigenvalue weighted by Crippen LogP contribution is 2.34. The quantitative estimate of drug-likeness (QED) is 0.325. The molecule has 1 aliphatic heterocycles. The van der Waals surface area contributed by atoms with E-state index in [1.54, 1.807) is 30.5 Å². The van der Waals surface area contributed by atoms with Gasteiger partial charge in [-0.25, -0.2) is 9.82 Å². The van der Waals surface area contributed by atoms with Gasteiger partial charge in [-0.05, 0) is 46.4 Å². The molecule has 1 aliphatic rings. The molecule has 3 rings (SSSR count). The minimum atomic E-state index is -0.317. The maximum Gasteiger partial charge on any atom is 0.254 e. The normalized spacial score (nSPS) is 14.6. The van der Waals surface area contributed by atoms with Crippen LogP contribution in [0.4, 0.5) is 4.39 Å². The maximum atomic E-state index is 13.8. The second-order valence-electron chi connectivity index (χ2n) is 6.60. The largest absolute Gasteiger partial charge is 0.493 e. The molecular weight excluding hydrogens is 504 g/mol. The van der Waals surface area contributed by atoms with Crippen LogP contribution in [-0.4, -0.2) is 57.0 Å². The molecular formula is C21H23FIN3O4. The third-order valence-corrected chi connectivity index (χ3v) is 5.26. The van der Waals surface area contributed by atoms with E-state index in [9.17, 15) is 9.18 Å². The van der Waals surface area contributed by atoms with Gasteiger partial charge >= 0.3 is 0 Å². The lowest BCUT2D eigenvalue weighted by Gasteiger charge is -2.25. The Morgan fingerprint density at radius 2 is 2.10 bits per heavy atom. The van der Waals surface area contributed by atoms with Gasteiger partial charge in [0.25, 0.3) is 5.91 Å². The summed E-state index contributed by atoms with van der Waals surface area (Å²) in [5.74, 6) is 0.525. The molecule has 1 heterocycles. The third kappa shape index (κ3) is 6.38. The average molecular weight is 527 g/mol. The van der Waals surface area contributed by atoms with Crippen molar-refractivity contribution in [3.05, 3.63) is 56.9 Å². The molecule has 0 spiro atoms. The Bertz CT molecular complexity index is 904. The van der Waals surface area contributed by atoms with E-state index in [-0.39, 0.29) is 24.9 Å². The van der Waals surface area contributed by atoms with Gasteiger partial charge in [0.15, 0.2) is 11.5 Å². The van der Waals surface area contributed by atoms with Crippen molar-refractivity contribution in [3.63, 3.8) is 0 Å². The highest BCUT2D eigenvalue weighted by molar-refractivity contribution is 14.1. The topological polar surface area (TPSA) is 72.4 Å². The van der Waals surface area contributed by atoms with E-state index in [1.807, 2.05) is 11.0 Å². The molecule has 160 valence electrons. The molecule has 0 radical (unpaired) electrons. The summed E-state index contributed by atoms with van der Waals surface area (Å²) in [6.07, 6.45) is 1.54. The average Bonchev–Trinajstić information content (AvgIpc) is 2.74. The Hall–Kier alpha value is -2.24. The first kappa shape index (κ1) is 22.4.